The number of hydrogen-bond acceptors (Lipinski definition) is 3. The van der Waals surface area contributed by atoms with Crippen molar-refractivity contribution in [1.29, 1.82) is 0 Å². The highest BCUT2D eigenvalue weighted by Gasteiger charge is 2.24. The van der Waals surface area contributed by atoms with Crippen LogP contribution in [0.15, 0.2) is 59.7 Å². The van der Waals surface area contributed by atoms with Gasteiger partial charge in [0, 0.05) is 51.4 Å². The maximum atomic E-state index is 4.50. The average molecular weight is 351 g/mol. The number of benzene rings is 1. The van der Waals surface area contributed by atoms with E-state index in [9.17, 15) is 0 Å². The van der Waals surface area contributed by atoms with Gasteiger partial charge in [0.2, 0.25) is 0 Å². The van der Waals surface area contributed by atoms with Crippen molar-refractivity contribution in [2.75, 3.05) is 44.7 Å². The molecule has 0 radical (unpaired) electrons. The molecular weight excluding hydrogens is 322 g/mol. The molecule has 2 aromatic rings. The lowest BCUT2D eigenvalue weighted by atomic mass is 9.85. The van der Waals surface area contributed by atoms with Crippen LogP contribution in [0.1, 0.15) is 19.4 Å². The highest BCUT2D eigenvalue weighted by Crippen LogP contribution is 2.22. The Hall–Kier alpha value is -2.56. The Morgan fingerprint density at radius 2 is 1.73 bits per heavy atom. The van der Waals surface area contributed by atoms with Crippen LogP contribution in [-0.2, 0) is 5.41 Å². The number of pyridine rings is 1. The zero-order chi connectivity index (χ0) is 18.4. The molecule has 0 aliphatic carbocycles. The van der Waals surface area contributed by atoms with Gasteiger partial charge < -0.3 is 15.1 Å². The second-order valence-corrected chi connectivity index (χ2v) is 7.31. The zero-order valence-corrected chi connectivity index (χ0v) is 16.0. The number of rotatable bonds is 4. The molecule has 1 N–H and O–H groups in total. The van der Waals surface area contributed by atoms with E-state index in [0.29, 0.717) is 0 Å². The summed E-state index contributed by atoms with van der Waals surface area (Å²) in [6.07, 6.45) is 1.86. The van der Waals surface area contributed by atoms with Crippen LogP contribution in [0.4, 0.5) is 5.82 Å². The van der Waals surface area contributed by atoms with E-state index in [2.05, 4.69) is 75.3 Å². The molecule has 1 aliphatic heterocycles. The number of aliphatic imine (C=N–C) groups is 1. The Morgan fingerprint density at radius 3 is 2.35 bits per heavy atom. The van der Waals surface area contributed by atoms with E-state index >= 15 is 0 Å². The second kappa shape index (κ2) is 8.21. The van der Waals surface area contributed by atoms with Crippen LogP contribution in [0.5, 0.6) is 0 Å². The number of aromatic nitrogens is 1. The lowest BCUT2D eigenvalue weighted by Gasteiger charge is -2.38. The van der Waals surface area contributed by atoms with Crippen LogP contribution in [0.3, 0.4) is 0 Å². The van der Waals surface area contributed by atoms with Crippen LogP contribution in [-0.4, -0.2) is 55.6 Å². The van der Waals surface area contributed by atoms with Gasteiger partial charge in [-0.1, -0.05) is 50.2 Å². The Labute approximate surface area is 156 Å². The molecule has 0 atom stereocenters. The van der Waals surface area contributed by atoms with Crippen molar-refractivity contribution in [2.45, 2.75) is 19.3 Å². The Morgan fingerprint density at radius 1 is 1.04 bits per heavy atom. The fourth-order valence-electron chi connectivity index (χ4n) is 3.31. The normalized spacial score (nSPS) is 15.9. The largest absolute Gasteiger partial charge is 0.355 e. The third kappa shape index (κ3) is 4.34. The molecule has 3 rings (SSSR count). The van der Waals surface area contributed by atoms with Crippen molar-refractivity contribution in [3.8, 4) is 0 Å². The highest BCUT2D eigenvalue weighted by atomic mass is 15.4. The van der Waals surface area contributed by atoms with Gasteiger partial charge >= 0.3 is 0 Å². The lowest BCUT2D eigenvalue weighted by Crippen LogP contribution is -2.54. The van der Waals surface area contributed by atoms with Crippen molar-refractivity contribution in [3.05, 3.63) is 60.3 Å². The molecular formula is C21H29N5. The average Bonchev–Trinajstić information content (AvgIpc) is 2.70. The molecule has 0 saturated carbocycles. The predicted octanol–water partition coefficient (Wildman–Crippen LogP) is 2.76. The molecule has 138 valence electrons. The molecule has 2 heterocycles. The molecule has 1 aliphatic rings. The maximum absolute atomic E-state index is 4.50. The molecule has 1 aromatic carbocycles. The Kier molecular flexibility index (Phi) is 5.76. The topological polar surface area (TPSA) is 43.8 Å². The van der Waals surface area contributed by atoms with Gasteiger partial charge in [-0.25, -0.2) is 4.98 Å². The first-order valence-corrected chi connectivity index (χ1v) is 9.27. The number of piperazine rings is 1. The minimum absolute atomic E-state index is 0.0486. The summed E-state index contributed by atoms with van der Waals surface area (Å²) in [6, 6.07) is 16.7. The third-order valence-corrected chi connectivity index (χ3v) is 5.01. The van der Waals surface area contributed by atoms with Gasteiger partial charge in [-0.3, -0.25) is 4.99 Å². The predicted molar refractivity (Wildman–Crippen MR) is 109 cm³/mol. The molecule has 0 bridgehead atoms. The molecule has 1 saturated heterocycles. The smallest absolute Gasteiger partial charge is 0.193 e. The summed E-state index contributed by atoms with van der Waals surface area (Å²) in [4.78, 5) is 13.6. The molecule has 0 spiro atoms. The molecule has 5 heteroatoms. The van der Waals surface area contributed by atoms with E-state index in [1.807, 2.05) is 25.4 Å². The third-order valence-electron chi connectivity index (χ3n) is 5.01. The van der Waals surface area contributed by atoms with Gasteiger partial charge in [0.25, 0.3) is 0 Å². The van der Waals surface area contributed by atoms with Crippen molar-refractivity contribution in [3.63, 3.8) is 0 Å². The van der Waals surface area contributed by atoms with E-state index in [4.69, 9.17) is 0 Å². The molecule has 1 aromatic heterocycles. The van der Waals surface area contributed by atoms with Crippen LogP contribution in [0, 0.1) is 0 Å². The minimum Gasteiger partial charge on any atom is -0.355 e. The van der Waals surface area contributed by atoms with E-state index in [1.54, 1.807) is 0 Å². The van der Waals surface area contributed by atoms with Gasteiger partial charge in [0.05, 0.1) is 0 Å². The standard InChI is InChI=1S/C21H29N5/c1-21(2,18-9-5-4-6-10-18)17-24-20(22-3)26-15-13-25(14-16-26)19-11-7-8-12-23-19/h4-12H,13-17H2,1-3H3,(H,22,24). The van der Waals surface area contributed by atoms with Crippen LogP contribution >= 0.6 is 0 Å². The van der Waals surface area contributed by atoms with Crippen LogP contribution in [0.2, 0.25) is 0 Å². The summed E-state index contributed by atoms with van der Waals surface area (Å²) in [7, 11) is 1.86. The molecule has 0 unspecified atom stereocenters. The fourth-order valence-corrected chi connectivity index (χ4v) is 3.31. The Balaban J connectivity index is 1.55. The Bertz CT molecular complexity index is 704. The minimum atomic E-state index is 0.0486. The summed E-state index contributed by atoms with van der Waals surface area (Å²) in [5, 5.41) is 3.57. The SMILES string of the molecule is CN=C(NCC(C)(C)c1ccccc1)N1CCN(c2ccccn2)CC1. The first-order valence-electron chi connectivity index (χ1n) is 9.27. The van der Waals surface area contributed by atoms with E-state index in [0.717, 1.165) is 44.5 Å². The number of nitrogens with one attached hydrogen (secondary N) is 1. The summed E-state index contributed by atoms with van der Waals surface area (Å²) < 4.78 is 0. The van der Waals surface area contributed by atoms with Crippen LogP contribution in [0.25, 0.3) is 0 Å². The first-order chi connectivity index (χ1) is 12.6. The van der Waals surface area contributed by atoms with Crippen LogP contribution < -0.4 is 10.2 Å². The molecule has 26 heavy (non-hydrogen) atoms. The number of anilines is 1. The summed E-state index contributed by atoms with van der Waals surface area (Å²) in [5.41, 5.74) is 1.38. The van der Waals surface area contributed by atoms with Crippen molar-refractivity contribution in [1.82, 2.24) is 15.2 Å². The van der Waals surface area contributed by atoms with Crippen molar-refractivity contribution < 1.29 is 0 Å². The van der Waals surface area contributed by atoms with Gasteiger partial charge in [-0.15, -0.1) is 0 Å². The molecule has 1 fully saturated rings. The van der Waals surface area contributed by atoms with Gasteiger partial charge in [-0.05, 0) is 17.7 Å². The quantitative estimate of drug-likeness (QED) is 0.679. The summed E-state index contributed by atoms with van der Waals surface area (Å²) >= 11 is 0. The fraction of sp³-hybridized carbons (Fsp3) is 0.429. The summed E-state index contributed by atoms with van der Waals surface area (Å²) in [5.74, 6) is 2.04. The van der Waals surface area contributed by atoms with E-state index in [1.165, 1.54) is 5.56 Å². The monoisotopic (exact) mass is 351 g/mol. The van der Waals surface area contributed by atoms with Crippen molar-refractivity contribution in [2.24, 2.45) is 4.99 Å². The van der Waals surface area contributed by atoms with Gasteiger partial charge in [0.15, 0.2) is 5.96 Å². The van der Waals surface area contributed by atoms with E-state index in [-0.39, 0.29) is 5.41 Å². The lowest BCUT2D eigenvalue weighted by molar-refractivity contribution is 0.365. The molecule has 0 amide bonds. The highest BCUT2D eigenvalue weighted by molar-refractivity contribution is 5.80. The molecule has 5 nitrogen and oxygen atoms in total. The number of nitrogens with zero attached hydrogens (tertiary/aromatic N) is 4. The second-order valence-electron chi connectivity index (χ2n) is 7.31. The van der Waals surface area contributed by atoms with Crippen molar-refractivity contribution >= 4 is 11.8 Å². The number of hydrogen-bond donors (Lipinski definition) is 1. The van der Waals surface area contributed by atoms with E-state index < -0.39 is 0 Å². The van der Waals surface area contributed by atoms with Gasteiger partial charge in [0.1, 0.15) is 5.82 Å². The number of guanidine groups is 1. The van der Waals surface area contributed by atoms with Gasteiger partial charge in [-0.2, -0.15) is 0 Å². The maximum Gasteiger partial charge on any atom is 0.193 e. The first kappa shape index (κ1) is 18.2. The zero-order valence-electron chi connectivity index (χ0n) is 16.0. The summed E-state index contributed by atoms with van der Waals surface area (Å²) in [6.45, 7) is 9.19.